The number of aryl methyl sites for hydroxylation is 1. The van der Waals surface area contributed by atoms with E-state index in [4.69, 9.17) is 0 Å². The molecule has 1 aromatic carbocycles. The molecule has 1 atom stereocenters. The van der Waals surface area contributed by atoms with E-state index in [0.29, 0.717) is 11.6 Å². The summed E-state index contributed by atoms with van der Waals surface area (Å²) in [4.78, 5) is 23.0. The minimum Gasteiger partial charge on any atom is -0.348 e. The molecular formula is C18H24N4O. The van der Waals surface area contributed by atoms with E-state index in [2.05, 4.69) is 21.4 Å². The molecule has 0 aliphatic rings. The first-order chi connectivity index (χ1) is 11.0. The Balaban J connectivity index is 2.28. The zero-order chi connectivity index (χ0) is 16.8. The summed E-state index contributed by atoms with van der Waals surface area (Å²) in [5, 5.41) is 2.93. The largest absolute Gasteiger partial charge is 0.348 e. The van der Waals surface area contributed by atoms with E-state index in [0.717, 1.165) is 18.7 Å². The smallest absolute Gasteiger partial charge is 0.270 e. The van der Waals surface area contributed by atoms with Crippen LogP contribution in [0.4, 0.5) is 11.6 Å². The number of rotatable bonds is 6. The Morgan fingerprint density at radius 1 is 1.30 bits per heavy atom. The molecular weight excluding hydrogens is 288 g/mol. The first-order valence-corrected chi connectivity index (χ1v) is 8.03. The number of hydrogen-bond acceptors (Lipinski definition) is 4. The molecule has 0 aliphatic carbocycles. The topological polar surface area (TPSA) is 58.1 Å². The van der Waals surface area contributed by atoms with Crippen LogP contribution in [-0.2, 0) is 0 Å². The molecule has 1 unspecified atom stereocenters. The third-order valence-electron chi connectivity index (χ3n) is 3.74. The van der Waals surface area contributed by atoms with Crippen molar-refractivity contribution < 1.29 is 4.79 Å². The number of anilines is 2. The zero-order valence-corrected chi connectivity index (χ0v) is 14.2. The van der Waals surface area contributed by atoms with Crippen molar-refractivity contribution in [2.75, 3.05) is 11.4 Å². The SMILES string of the molecule is CCC(C)NC(=O)c1ccnc(N(CC)c2cccc(C)c2)n1. The molecule has 23 heavy (non-hydrogen) atoms. The Kier molecular flexibility index (Phi) is 5.68. The van der Waals surface area contributed by atoms with Gasteiger partial charge in [0.15, 0.2) is 0 Å². The molecule has 0 spiro atoms. The molecule has 5 heteroatoms. The molecule has 0 saturated carbocycles. The van der Waals surface area contributed by atoms with Crippen LogP contribution >= 0.6 is 0 Å². The number of amides is 1. The normalized spacial score (nSPS) is 11.8. The van der Waals surface area contributed by atoms with Crippen LogP contribution in [-0.4, -0.2) is 28.5 Å². The summed E-state index contributed by atoms with van der Waals surface area (Å²) in [6.07, 6.45) is 2.51. The number of benzene rings is 1. The van der Waals surface area contributed by atoms with Gasteiger partial charge in [-0.2, -0.15) is 0 Å². The Labute approximate surface area is 137 Å². The van der Waals surface area contributed by atoms with Gasteiger partial charge in [-0.1, -0.05) is 19.1 Å². The van der Waals surface area contributed by atoms with Crippen LogP contribution in [0.2, 0.25) is 0 Å². The van der Waals surface area contributed by atoms with Gasteiger partial charge in [-0.25, -0.2) is 9.97 Å². The minimum atomic E-state index is -0.164. The van der Waals surface area contributed by atoms with Crippen LogP contribution < -0.4 is 10.2 Å². The molecule has 1 aromatic heterocycles. The number of aromatic nitrogens is 2. The van der Waals surface area contributed by atoms with E-state index < -0.39 is 0 Å². The van der Waals surface area contributed by atoms with Crippen LogP contribution in [0.25, 0.3) is 0 Å². The van der Waals surface area contributed by atoms with Gasteiger partial charge in [0.05, 0.1) is 0 Å². The second-order valence-corrected chi connectivity index (χ2v) is 5.61. The van der Waals surface area contributed by atoms with Crippen molar-refractivity contribution in [3.8, 4) is 0 Å². The lowest BCUT2D eigenvalue weighted by Gasteiger charge is -2.21. The summed E-state index contributed by atoms with van der Waals surface area (Å²) < 4.78 is 0. The Bertz CT molecular complexity index is 672. The number of nitrogens with zero attached hydrogens (tertiary/aromatic N) is 3. The Hall–Kier alpha value is -2.43. The highest BCUT2D eigenvalue weighted by Crippen LogP contribution is 2.22. The van der Waals surface area contributed by atoms with Crippen LogP contribution in [0.1, 0.15) is 43.2 Å². The molecule has 2 rings (SSSR count). The maximum absolute atomic E-state index is 12.2. The van der Waals surface area contributed by atoms with Gasteiger partial charge < -0.3 is 10.2 Å². The van der Waals surface area contributed by atoms with Crippen molar-refractivity contribution in [1.82, 2.24) is 15.3 Å². The number of carbonyl (C=O) groups is 1. The average Bonchev–Trinajstić information content (AvgIpc) is 2.56. The lowest BCUT2D eigenvalue weighted by atomic mass is 10.2. The van der Waals surface area contributed by atoms with Gasteiger partial charge in [-0.15, -0.1) is 0 Å². The molecule has 0 bridgehead atoms. The Morgan fingerprint density at radius 3 is 2.74 bits per heavy atom. The Morgan fingerprint density at radius 2 is 2.09 bits per heavy atom. The monoisotopic (exact) mass is 312 g/mol. The number of hydrogen-bond donors (Lipinski definition) is 1. The second-order valence-electron chi connectivity index (χ2n) is 5.61. The summed E-state index contributed by atoms with van der Waals surface area (Å²) in [6, 6.07) is 9.93. The first-order valence-electron chi connectivity index (χ1n) is 8.03. The molecule has 0 saturated heterocycles. The van der Waals surface area contributed by atoms with Crippen molar-refractivity contribution in [1.29, 1.82) is 0 Å². The van der Waals surface area contributed by atoms with Gasteiger partial charge in [0.2, 0.25) is 5.95 Å². The van der Waals surface area contributed by atoms with Crippen molar-refractivity contribution in [2.45, 2.75) is 40.2 Å². The third-order valence-corrected chi connectivity index (χ3v) is 3.74. The highest BCUT2D eigenvalue weighted by Gasteiger charge is 2.15. The molecule has 1 heterocycles. The molecule has 1 N–H and O–H groups in total. The lowest BCUT2D eigenvalue weighted by Crippen LogP contribution is -2.33. The lowest BCUT2D eigenvalue weighted by molar-refractivity contribution is 0.0934. The van der Waals surface area contributed by atoms with Gasteiger partial charge in [0.25, 0.3) is 5.91 Å². The molecule has 2 aromatic rings. The number of nitrogens with one attached hydrogen (secondary N) is 1. The van der Waals surface area contributed by atoms with Gasteiger partial charge in [-0.3, -0.25) is 4.79 Å². The maximum Gasteiger partial charge on any atom is 0.270 e. The maximum atomic E-state index is 12.2. The van der Waals surface area contributed by atoms with Crippen molar-refractivity contribution in [3.63, 3.8) is 0 Å². The van der Waals surface area contributed by atoms with Crippen LogP contribution in [0.15, 0.2) is 36.5 Å². The fourth-order valence-electron chi connectivity index (χ4n) is 2.24. The molecule has 0 radical (unpaired) electrons. The summed E-state index contributed by atoms with van der Waals surface area (Å²) in [7, 11) is 0. The molecule has 0 aliphatic heterocycles. The minimum absolute atomic E-state index is 0.125. The average molecular weight is 312 g/mol. The van der Waals surface area contributed by atoms with Gasteiger partial charge in [0, 0.05) is 24.5 Å². The first kappa shape index (κ1) is 16.9. The van der Waals surface area contributed by atoms with E-state index >= 15 is 0 Å². The number of carbonyl (C=O) groups excluding carboxylic acids is 1. The zero-order valence-electron chi connectivity index (χ0n) is 14.2. The fourth-order valence-corrected chi connectivity index (χ4v) is 2.24. The molecule has 122 valence electrons. The molecule has 5 nitrogen and oxygen atoms in total. The highest BCUT2D eigenvalue weighted by atomic mass is 16.1. The van der Waals surface area contributed by atoms with Crippen molar-refractivity contribution in [3.05, 3.63) is 47.8 Å². The highest BCUT2D eigenvalue weighted by molar-refractivity contribution is 5.92. The van der Waals surface area contributed by atoms with Gasteiger partial charge in [-0.05, 0) is 51.0 Å². The quantitative estimate of drug-likeness (QED) is 0.887. The summed E-state index contributed by atoms with van der Waals surface area (Å²) in [5.41, 5.74) is 2.58. The van der Waals surface area contributed by atoms with E-state index in [1.807, 2.05) is 50.8 Å². The summed E-state index contributed by atoms with van der Waals surface area (Å²) in [6.45, 7) is 8.82. The summed E-state index contributed by atoms with van der Waals surface area (Å²) in [5.74, 6) is 0.373. The third kappa shape index (κ3) is 4.28. The predicted octanol–water partition coefficient (Wildman–Crippen LogP) is 3.47. The van der Waals surface area contributed by atoms with Gasteiger partial charge in [0.1, 0.15) is 5.69 Å². The molecule has 0 fully saturated rings. The van der Waals surface area contributed by atoms with E-state index in [1.165, 1.54) is 5.56 Å². The predicted molar refractivity (Wildman–Crippen MR) is 93.1 cm³/mol. The van der Waals surface area contributed by atoms with E-state index in [-0.39, 0.29) is 11.9 Å². The summed E-state index contributed by atoms with van der Waals surface area (Å²) >= 11 is 0. The van der Waals surface area contributed by atoms with Gasteiger partial charge >= 0.3 is 0 Å². The van der Waals surface area contributed by atoms with Crippen LogP contribution in [0.5, 0.6) is 0 Å². The standard InChI is InChI=1S/C18H24N4O/c1-5-14(4)20-17(23)16-10-11-19-18(21-16)22(6-2)15-9-7-8-13(3)12-15/h7-12,14H,5-6H2,1-4H3,(H,20,23). The van der Waals surface area contributed by atoms with Crippen molar-refractivity contribution >= 4 is 17.5 Å². The van der Waals surface area contributed by atoms with E-state index in [9.17, 15) is 4.79 Å². The van der Waals surface area contributed by atoms with Crippen LogP contribution in [0, 0.1) is 6.92 Å². The second kappa shape index (κ2) is 7.72. The van der Waals surface area contributed by atoms with Crippen LogP contribution in [0.3, 0.4) is 0 Å². The van der Waals surface area contributed by atoms with E-state index in [1.54, 1.807) is 12.3 Å². The van der Waals surface area contributed by atoms with Crippen molar-refractivity contribution in [2.24, 2.45) is 0 Å². The fraction of sp³-hybridized carbons (Fsp3) is 0.389. The molecule has 1 amide bonds.